The summed E-state index contributed by atoms with van der Waals surface area (Å²) in [4.78, 5) is 43.0. The number of alkyl halides is 3. The fourth-order valence-electron chi connectivity index (χ4n) is 4.11. The fraction of sp³-hybridized carbons (Fsp3) is 0.241. The van der Waals surface area contributed by atoms with Crippen molar-refractivity contribution < 1.29 is 27.6 Å². The molecule has 0 aromatic heterocycles. The normalized spacial score (nSPS) is 14.4. The highest BCUT2D eigenvalue weighted by Crippen LogP contribution is 2.35. The van der Waals surface area contributed by atoms with E-state index >= 15 is 0 Å². The topological polar surface area (TPSA) is 103 Å². The first-order valence-electron chi connectivity index (χ1n) is 12.9. The summed E-state index contributed by atoms with van der Waals surface area (Å²) in [5.74, 6) is 0.108. The highest BCUT2D eigenvalue weighted by molar-refractivity contribution is 8.15. The number of thioether (sulfide) groups is 1. The Morgan fingerprint density at radius 1 is 1.00 bits per heavy atom. The molecule has 8 nitrogen and oxygen atoms in total. The Morgan fingerprint density at radius 3 is 2.21 bits per heavy atom. The summed E-state index contributed by atoms with van der Waals surface area (Å²) >= 11 is 7.38. The number of carbonyl (C=O) groups excluding carboxylic acids is 3. The number of rotatable bonds is 7. The molecule has 1 aliphatic rings. The van der Waals surface area contributed by atoms with Crippen LogP contribution in [0.1, 0.15) is 36.5 Å². The quantitative estimate of drug-likeness (QED) is 0.255. The molecule has 4 rings (SSSR count). The Labute approximate surface area is 249 Å². The number of urea groups is 2. The lowest BCUT2D eigenvalue weighted by Crippen LogP contribution is -2.32. The van der Waals surface area contributed by atoms with Gasteiger partial charge in [-0.25, -0.2) is 9.59 Å². The van der Waals surface area contributed by atoms with E-state index in [4.69, 9.17) is 11.6 Å². The number of amidine groups is 1. The second-order valence-electron chi connectivity index (χ2n) is 9.60. The molecule has 0 bridgehead atoms. The van der Waals surface area contributed by atoms with Gasteiger partial charge in [0.1, 0.15) is 0 Å². The number of hydrogen-bond acceptors (Lipinski definition) is 4. The van der Waals surface area contributed by atoms with Gasteiger partial charge >= 0.3 is 18.2 Å². The van der Waals surface area contributed by atoms with Gasteiger partial charge in [0.2, 0.25) is 5.91 Å². The fourth-order valence-corrected chi connectivity index (χ4v) is 5.14. The SMILES string of the molecule is CC(C)c1ccc(Cl)cc1N1C(=O)CSC1=NC(=O)NCCc1ccc(NC(=O)Nc2ccc(C(F)(F)F)cc2)cc1. The van der Waals surface area contributed by atoms with E-state index in [-0.39, 0.29) is 35.0 Å². The maximum atomic E-state index is 12.7. The van der Waals surface area contributed by atoms with Crippen molar-refractivity contribution in [2.24, 2.45) is 4.99 Å². The van der Waals surface area contributed by atoms with E-state index in [2.05, 4.69) is 20.9 Å². The average Bonchev–Trinajstić information content (AvgIpc) is 3.28. The molecule has 1 aliphatic heterocycles. The molecule has 0 unspecified atom stereocenters. The van der Waals surface area contributed by atoms with Crippen molar-refractivity contribution >= 4 is 63.6 Å². The largest absolute Gasteiger partial charge is 0.416 e. The molecular weight excluding hydrogens is 591 g/mol. The zero-order chi connectivity index (χ0) is 30.4. The van der Waals surface area contributed by atoms with Crippen LogP contribution in [0, 0.1) is 0 Å². The van der Waals surface area contributed by atoms with E-state index < -0.39 is 23.8 Å². The molecule has 13 heteroatoms. The van der Waals surface area contributed by atoms with Gasteiger partial charge in [0.15, 0.2) is 5.17 Å². The Kier molecular flexibility index (Phi) is 9.79. The summed E-state index contributed by atoms with van der Waals surface area (Å²) in [6, 6.07) is 15.1. The van der Waals surface area contributed by atoms with Crippen LogP contribution < -0.4 is 20.9 Å². The number of halogens is 4. The third-order valence-corrected chi connectivity index (χ3v) is 7.35. The van der Waals surface area contributed by atoms with Crippen LogP contribution in [-0.4, -0.2) is 35.4 Å². The minimum absolute atomic E-state index is 0.126. The summed E-state index contributed by atoms with van der Waals surface area (Å²) in [6.45, 7) is 4.29. The molecule has 0 radical (unpaired) electrons. The number of nitrogens with zero attached hydrogens (tertiary/aromatic N) is 2. The van der Waals surface area contributed by atoms with Gasteiger partial charge in [-0.3, -0.25) is 9.69 Å². The minimum atomic E-state index is -4.45. The third-order valence-electron chi connectivity index (χ3n) is 6.19. The van der Waals surface area contributed by atoms with Crippen LogP contribution in [0.2, 0.25) is 5.02 Å². The van der Waals surface area contributed by atoms with Crippen LogP contribution in [0.4, 0.5) is 39.8 Å². The predicted molar refractivity (Wildman–Crippen MR) is 161 cm³/mol. The Morgan fingerprint density at radius 2 is 1.62 bits per heavy atom. The molecule has 3 N–H and O–H groups in total. The molecular formula is C29H27ClF3N5O3S. The van der Waals surface area contributed by atoms with Gasteiger partial charge in [-0.05, 0) is 72.0 Å². The van der Waals surface area contributed by atoms with Crippen molar-refractivity contribution in [2.75, 3.05) is 27.8 Å². The molecule has 3 aromatic rings. The third kappa shape index (κ3) is 8.04. The van der Waals surface area contributed by atoms with Gasteiger partial charge in [-0.15, -0.1) is 0 Å². The van der Waals surface area contributed by atoms with Crippen molar-refractivity contribution in [3.8, 4) is 0 Å². The lowest BCUT2D eigenvalue weighted by Gasteiger charge is -2.21. The zero-order valence-corrected chi connectivity index (χ0v) is 24.2. The van der Waals surface area contributed by atoms with Gasteiger partial charge < -0.3 is 16.0 Å². The van der Waals surface area contributed by atoms with E-state index in [0.29, 0.717) is 22.8 Å². The second-order valence-corrected chi connectivity index (χ2v) is 11.0. The van der Waals surface area contributed by atoms with Crippen LogP contribution in [0.3, 0.4) is 0 Å². The van der Waals surface area contributed by atoms with Gasteiger partial charge in [-0.1, -0.05) is 55.4 Å². The van der Waals surface area contributed by atoms with E-state index in [1.165, 1.54) is 28.8 Å². The number of benzene rings is 3. The van der Waals surface area contributed by atoms with Crippen molar-refractivity contribution in [2.45, 2.75) is 32.4 Å². The first-order chi connectivity index (χ1) is 19.9. The number of amides is 5. The summed E-state index contributed by atoms with van der Waals surface area (Å²) in [7, 11) is 0. The van der Waals surface area contributed by atoms with Crippen molar-refractivity contribution in [3.63, 3.8) is 0 Å². The van der Waals surface area contributed by atoms with Gasteiger partial charge in [0.05, 0.1) is 17.0 Å². The van der Waals surface area contributed by atoms with Crippen LogP contribution in [0.15, 0.2) is 71.7 Å². The van der Waals surface area contributed by atoms with Crippen molar-refractivity contribution in [1.29, 1.82) is 0 Å². The molecule has 1 fully saturated rings. The summed E-state index contributed by atoms with van der Waals surface area (Å²) in [6.07, 6.45) is -3.97. The lowest BCUT2D eigenvalue weighted by molar-refractivity contribution is -0.137. The molecule has 0 spiro atoms. The van der Waals surface area contributed by atoms with Crippen LogP contribution in [0.25, 0.3) is 0 Å². The molecule has 0 saturated carbocycles. The Hall–Kier alpha value is -4.03. The Bertz CT molecular complexity index is 1500. The summed E-state index contributed by atoms with van der Waals surface area (Å²) < 4.78 is 38.1. The molecule has 0 aliphatic carbocycles. The number of nitrogens with one attached hydrogen (secondary N) is 3. The average molecular weight is 618 g/mol. The van der Waals surface area contributed by atoms with Crippen molar-refractivity contribution in [3.05, 3.63) is 88.4 Å². The maximum absolute atomic E-state index is 12.7. The number of carbonyl (C=O) groups is 3. The first-order valence-corrected chi connectivity index (χ1v) is 14.2. The first kappa shape index (κ1) is 30.9. The molecule has 5 amide bonds. The lowest BCUT2D eigenvalue weighted by atomic mass is 10.0. The highest BCUT2D eigenvalue weighted by Gasteiger charge is 2.32. The highest BCUT2D eigenvalue weighted by atomic mass is 35.5. The Balaban J connectivity index is 1.29. The molecule has 1 saturated heterocycles. The van der Waals surface area contributed by atoms with Gasteiger partial charge in [-0.2, -0.15) is 18.2 Å². The van der Waals surface area contributed by atoms with Crippen LogP contribution in [-0.2, 0) is 17.4 Å². The summed E-state index contributed by atoms with van der Waals surface area (Å²) in [5, 5.41) is 8.57. The van der Waals surface area contributed by atoms with Crippen molar-refractivity contribution in [1.82, 2.24) is 5.32 Å². The molecule has 3 aromatic carbocycles. The van der Waals surface area contributed by atoms with Gasteiger partial charge in [0.25, 0.3) is 0 Å². The molecule has 220 valence electrons. The minimum Gasteiger partial charge on any atom is -0.336 e. The maximum Gasteiger partial charge on any atom is 0.416 e. The van der Waals surface area contributed by atoms with Crippen LogP contribution >= 0.6 is 23.4 Å². The summed E-state index contributed by atoms with van der Waals surface area (Å²) in [5.41, 5.74) is 2.29. The molecule has 1 heterocycles. The van der Waals surface area contributed by atoms with E-state index in [1.807, 2.05) is 19.9 Å². The number of aliphatic imine (C=N–C) groups is 1. The smallest absolute Gasteiger partial charge is 0.336 e. The number of hydrogen-bond donors (Lipinski definition) is 3. The molecule has 0 atom stereocenters. The monoisotopic (exact) mass is 617 g/mol. The van der Waals surface area contributed by atoms with E-state index in [1.54, 1.807) is 36.4 Å². The van der Waals surface area contributed by atoms with E-state index in [0.717, 1.165) is 23.3 Å². The number of anilines is 3. The second kappa shape index (κ2) is 13.3. The standard InChI is InChI=1S/C29H27ClF3N5O3S/c1-17(2)23-12-7-20(30)15-24(23)38-25(39)16-42-28(38)37-26(40)34-14-13-18-3-8-21(9-4-18)35-27(41)36-22-10-5-19(6-11-22)29(31,32)33/h3-12,15,17H,13-14,16H2,1-2H3,(H,34,40)(H2,35,36,41). The predicted octanol–water partition coefficient (Wildman–Crippen LogP) is 7.51. The molecule has 42 heavy (non-hydrogen) atoms. The zero-order valence-electron chi connectivity index (χ0n) is 22.6. The van der Waals surface area contributed by atoms with Gasteiger partial charge in [0, 0.05) is 22.9 Å². The van der Waals surface area contributed by atoms with Crippen LogP contribution in [0.5, 0.6) is 0 Å². The van der Waals surface area contributed by atoms with E-state index in [9.17, 15) is 27.6 Å².